The molecule has 1 aromatic carbocycles. The summed E-state index contributed by atoms with van der Waals surface area (Å²) in [6, 6.07) is 9.12. The molecular weight excluding hydrogens is 356 g/mol. The smallest absolute Gasteiger partial charge is 0.277 e. The molecule has 0 radical (unpaired) electrons. The molecule has 2 aromatic rings. The highest BCUT2D eigenvalue weighted by Crippen LogP contribution is 2.29. The molecule has 5 nitrogen and oxygen atoms in total. The SMILES string of the molecule is COc1cc(Br)ccc1OCC(=O)N/N=C/c1cccs1. The van der Waals surface area contributed by atoms with Gasteiger partial charge in [-0.2, -0.15) is 5.10 Å². The van der Waals surface area contributed by atoms with E-state index in [-0.39, 0.29) is 12.5 Å². The first-order valence-corrected chi connectivity index (χ1v) is 7.68. The zero-order valence-corrected chi connectivity index (χ0v) is 13.6. The van der Waals surface area contributed by atoms with Crippen molar-refractivity contribution >= 4 is 39.4 Å². The number of methoxy groups -OCH3 is 1. The monoisotopic (exact) mass is 368 g/mol. The topological polar surface area (TPSA) is 59.9 Å². The van der Waals surface area contributed by atoms with Crippen LogP contribution < -0.4 is 14.9 Å². The molecule has 1 aromatic heterocycles. The van der Waals surface area contributed by atoms with Crippen LogP contribution in [0.3, 0.4) is 0 Å². The molecule has 0 fully saturated rings. The van der Waals surface area contributed by atoms with Gasteiger partial charge in [0.1, 0.15) is 0 Å². The second kappa shape index (κ2) is 7.80. The first kappa shape index (κ1) is 15.5. The van der Waals surface area contributed by atoms with Crippen LogP contribution >= 0.6 is 27.3 Å². The van der Waals surface area contributed by atoms with E-state index in [4.69, 9.17) is 9.47 Å². The van der Waals surface area contributed by atoms with Gasteiger partial charge in [0.05, 0.1) is 13.3 Å². The number of hydrazone groups is 1. The Balaban J connectivity index is 1.84. The van der Waals surface area contributed by atoms with Gasteiger partial charge in [-0.1, -0.05) is 22.0 Å². The Hall–Kier alpha value is -1.86. The number of carbonyl (C=O) groups excluding carboxylic acids is 1. The van der Waals surface area contributed by atoms with Crippen LogP contribution in [-0.4, -0.2) is 25.8 Å². The first-order valence-electron chi connectivity index (χ1n) is 6.01. The number of hydrogen-bond acceptors (Lipinski definition) is 5. The zero-order chi connectivity index (χ0) is 15.1. The maximum atomic E-state index is 11.6. The number of nitrogens with zero attached hydrogens (tertiary/aromatic N) is 1. The number of nitrogens with one attached hydrogen (secondary N) is 1. The van der Waals surface area contributed by atoms with E-state index < -0.39 is 0 Å². The quantitative estimate of drug-likeness (QED) is 0.629. The molecule has 2 rings (SSSR count). The van der Waals surface area contributed by atoms with Crippen molar-refractivity contribution in [2.24, 2.45) is 5.10 Å². The van der Waals surface area contributed by atoms with Crippen molar-refractivity contribution in [2.45, 2.75) is 0 Å². The molecule has 1 amide bonds. The Labute approximate surface area is 134 Å². The number of carbonyl (C=O) groups is 1. The van der Waals surface area contributed by atoms with Crippen molar-refractivity contribution in [1.82, 2.24) is 5.43 Å². The summed E-state index contributed by atoms with van der Waals surface area (Å²) in [6.45, 7) is -0.139. The Morgan fingerprint density at radius 2 is 2.29 bits per heavy atom. The fraction of sp³-hybridized carbons (Fsp3) is 0.143. The molecule has 7 heteroatoms. The number of thiophene rings is 1. The van der Waals surface area contributed by atoms with E-state index in [9.17, 15) is 4.79 Å². The summed E-state index contributed by atoms with van der Waals surface area (Å²) in [5, 5.41) is 5.79. The van der Waals surface area contributed by atoms with E-state index in [0.717, 1.165) is 9.35 Å². The van der Waals surface area contributed by atoms with E-state index >= 15 is 0 Å². The minimum absolute atomic E-state index is 0.139. The molecule has 110 valence electrons. The lowest BCUT2D eigenvalue weighted by Crippen LogP contribution is -2.24. The summed E-state index contributed by atoms with van der Waals surface area (Å²) >= 11 is 4.88. The lowest BCUT2D eigenvalue weighted by Gasteiger charge is -2.09. The molecule has 1 N–H and O–H groups in total. The fourth-order valence-electron chi connectivity index (χ4n) is 1.47. The third-order valence-electron chi connectivity index (χ3n) is 2.41. The second-order valence-corrected chi connectivity index (χ2v) is 5.79. The molecule has 21 heavy (non-hydrogen) atoms. The lowest BCUT2D eigenvalue weighted by atomic mass is 10.3. The minimum atomic E-state index is -0.340. The third-order valence-corrected chi connectivity index (χ3v) is 3.71. The number of hydrogen-bond donors (Lipinski definition) is 1. The van der Waals surface area contributed by atoms with Crippen molar-refractivity contribution in [3.05, 3.63) is 45.1 Å². The average molecular weight is 369 g/mol. The summed E-state index contributed by atoms with van der Waals surface area (Å²) in [5.41, 5.74) is 2.40. The maximum absolute atomic E-state index is 11.6. The molecule has 0 spiro atoms. The predicted molar refractivity (Wildman–Crippen MR) is 86.2 cm³/mol. The van der Waals surface area contributed by atoms with Crippen LogP contribution in [0.1, 0.15) is 4.88 Å². The number of halogens is 1. The Morgan fingerprint density at radius 3 is 3.00 bits per heavy atom. The van der Waals surface area contributed by atoms with Crippen molar-refractivity contribution in [3.63, 3.8) is 0 Å². The van der Waals surface area contributed by atoms with Crippen molar-refractivity contribution in [1.29, 1.82) is 0 Å². The number of rotatable bonds is 6. The van der Waals surface area contributed by atoms with Crippen LogP contribution in [0, 0.1) is 0 Å². The summed E-state index contributed by atoms with van der Waals surface area (Å²) in [7, 11) is 1.54. The molecule has 0 saturated heterocycles. The van der Waals surface area contributed by atoms with Crippen LogP contribution in [-0.2, 0) is 4.79 Å². The van der Waals surface area contributed by atoms with Gasteiger partial charge in [0.25, 0.3) is 5.91 Å². The maximum Gasteiger partial charge on any atom is 0.277 e. The normalized spacial score (nSPS) is 10.6. The Morgan fingerprint density at radius 1 is 1.43 bits per heavy atom. The van der Waals surface area contributed by atoms with Gasteiger partial charge in [0, 0.05) is 9.35 Å². The summed E-state index contributed by atoms with van der Waals surface area (Å²) < 4.78 is 11.4. The minimum Gasteiger partial charge on any atom is -0.493 e. The zero-order valence-electron chi connectivity index (χ0n) is 11.2. The number of ether oxygens (including phenoxy) is 2. The molecule has 0 atom stereocenters. The van der Waals surface area contributed by atoms with E-state index in [2.05, 4.69) is 26.5 Å². The van der Waals surface area contributed by atoms with Crippen LogP contribution in [0.5, 0.6) is 11.5 Å². The fourth-order valence-corrected chi connectivity index (χ4v) is 2.39. The molecule has 0 saturated carbocycles. The molecule has 0 aliphatic rings. The highest BCUT2D eigenvalue weighted by Gasteiger charge is 2.07. The van der Waals surface area contributed by atoms with Crippen LogP contribution in [0.15, 0.2) is 45.3 Å². The van der Waals surface area contributed by atoms with Crippen molar-refractivity contribution in [2.75, 3.05) is 13.7 Å². The molecule has 1 heterocycles. The van der Waals surface area contributed by atoms with Crippen LogP contribution in [0.25, 0.3) is 0 Å². The second-order valence-electron chi connectivity index (χ2n) is 3.89. The molecule has 0 aliphatic carbocycles. The first-order chi connectivity index (χ1) is 10.2. The Kier molecular flexibility index (Phi) is 5.77. The molecular formula is C14H13BrN2O3S. The standard InChI is InChI=1S/C14H13BrN2O3S/c1-19-13-7-10(15)4-5-12(13)20-9-14(18)17-16-8-11-3-2-6-21-11/h2-8H,9H2,1H3,(H,17,18)/b16-8+. The summed E-state index contributed by atoms with van der Waals surface area (Å²) in [4.78, 5) is 12.6. The van der Waals surface area contributed by atoms with Crippen molar-refractivity contribution in [3.8, 4) is 11.5 Å². The van der Waals surface area contributed by atoms with Crippen LogP contribution in [0.4, 0.5) is 0 Å². The van der Waals surface area contributed by atoms with E-state index in [1.165, 1.54) is 11.3 Å². The summed E-state index contributed by atoms with van der Waals surface area (Å²) in [6.07, 6.45) is 1.59. The van der Waals surface area contributed by atoms with Gasteiger partial charge >= 0.3 is 0 Å². The third kappa shape index (κ3) is 4.87. The number of amides is 1. The van der Waals surface area contributed by atoms with E-state index in [1.807, 2.05) is 23.6 Å². The molecule has 0 unspecified atom stereocenters. The van der Waals surface area contributed by atoms with E-state index in [1.54, 1.807) is 25.5 Å². The van der Waals surface area contributed by atoms with Gasteiger partial charge < -0.3 is 9.47 Å². The molecule has 0 bridgehead atoms. The lowest BCUT2D eigenvalue weighted by molar-refractivity contribution is -0.123. The van der Waals surface area contributed by atoms with E-state index in [0.29, 0.717) is 11.5 Å². The van der Waals surface area contributed by atoms with Gasteiger partial charge in [-0.05, 0) is 29.6 Å². The largest absolute Gasteiger partial charge is 0.493 e. The van der Waals surface area contributed by atoms with Gasteiger partial charge in [-0.3, -0.25) is 4.79 Å². The highest BCUT2D eigenvalue weighted by molar-refractivity contribution is 9.10. The van der Waals surface area contributed by atoms with Gasteiger partial charge in [0.2, 0.25) is 0 Å². The predicted octanol–water partition coefficient (Wildman–Crippen LogP) is 3.05. The molecule has 0 aliphatic heterocycles. The van der Waals surface area contributed by atoms with Gasteiger partial charge in [0.15, 0.2) is 18.1 Å². The summed E-state index contributed by atoms with van der Waals surface area (Å²) in [5.74, 6) is 0.713. The van der Waals surface area contributed by atoms with Crippen LogP contribution in [0.2, 0.25) is 0 Å². The average Bonchev–Trinajstić information content (AvgIpc) is 2.99. The van der Waals surface area contributed by atoms with Gasteiger partial charge in [-0.25, -0.2) is 5.43 Å². The van der Waals surface area contributed by atoms with Crippen molar-refractivity contribution < 1.29 is 14.3 Å². The number of benzene rings is 1. The highest BCUT2D eigenvalue weighted by atomic mass is 79.9. The Bertz CT molecular complexity index is 629. The van der Waals surface area contributed by atoms with Gasteiger partial charge in [-0.15, -0.1) is 11.3 Å².